The molecule has 5 nitrogen and oxygen atoms in total. The first-order valence-electron chi connectivity index (χ1n) is 6.06. The van der Waals surface area contributed by atoms with Gasteiger partial charge in [0.25, 0.3) is 0 Å². The summed E-state index contributed by atoms with van der Waals surface area (Å²) in [7, 11) is 0. The van der Waals surface area contributed by atoms with Crippen LogP contribution in [0, 0.1) is 11.3 Å². The average Bonchev–Trinajstić information content (AvgIpc) is 3.01. The molecule has 4 rings (SSSR count). The first kappa shape index (κ1) is 10.6. The molecule has 6 heteroatoms. The van der Waals surface area contributed by atoms with Crippen LogP contribution in [0.5, 0.6) is 0 Å². The van der Waals surface area contributed by atoms with E-state index in [1.165, 1.54) is 24.4 Å². The van der Waals surface area contributed by atoms with Crippen LogP contribution in [0.3, 0.4) is 0 Å². The van der Waals surface area contributed by atoms with Crippen molar-refractivity contribution in [2.24, 2.45) is 0 Å². The van der Waals surface area contributed by atoms with E-state index in [9.17, 15) is 0 Å². The molecule has 1 fully saturated rings. The monoisotopic (exact) mass is 267 g/mol. The molecule has 0 radical (unpaired) electrons. The molecule has 1 aliphatic rings. The van der Waals surface area contributed by atoms with Crippen molar-refractivity contribution in [2.75, 3.05) is 0 Å². The van der Waals surface area contributed by atoms with Crippen LogP contribution in [-0.4, -0.2) is 19.1 Å². The molecule has 0 aliphatic heterocycles. The van der Waals surface area contributed by atoms with Crippen molar-refractivity contribution in [1.29, 1.82) is 5.26 Å². The number of nitrogens with zero attached hydrogens (tertiary/aromatic N) is 5. The molecule has 0 unspecified atom stereocenters. The molecule has 0 spiro atoms. The molecule has 0 amide bonds. The predicted molar refractivity (Wildman–Crippen MR) is 71.6 cm³/mol. The third-order valence-corrected chi connectivity index (χ3v) is 3.82. The van der Waals surface area contributed by atoms with Gasteiger partial charge in [0.1, 0.15) is 5.69 Å². The average molecular weight is 267 g/mol. The van der Waals surface area contributed by atoms with Crippen molar-refractivity contribution in [3.8, 4) is 17.6 Å². The Kier molecular flexibility index (Phi) is 2.17. The second-order valence-corrected chi connectivity index (χ2v) is 5.25. The molecule has 0 bridgehead atoms. The van der Waals surface area contributed by atoms with Gasteiger partial charge in [-0.1, -0.05) is 4.49 Å². The van der Waals surface area contributed by atoms with E-state index < -0.39 is 0 Å². The highest BCUT2D eigenvalue weighted by Gasteiger charge is 2.29. The summed E-state index contributed by atoms with van der Waals surface area (Å²) < 4.78 is 6.14. The fourth-order valence-electron chi connectivity index (χ4n) is 2.31. The maximum Gasteiger partial charge on any atom is 0.162 e. The van der Waals surface area contributed by atoms with E-state index in [-0.39, 0.29) is 0 Å². The Morgan fingerprint density at radius 1 is 1.37 bits per heavy atom. The number of imidazole rings is 1. The number of benzene rings is 1. The van der Waals surface area contributed by atoms with Crippen LogP contribution in [0.2, 0.25) is 0 Å². The number of rotatable bonds is 2. The first-order valence-corrected chi connectivity index (χ1v) is 6.90. The number of fused-ring (bicyclic) bond motifs is 1. The van der Waals surface area contributed by atoms with Gasteiger partial charge in [0.2, 0.25) is 0 Å². The highest BCUT2D eigenvalue weighted by molar-refractivity contribution is 7.03. The zero-order valence-electron chi connectivity index (χ0n) is 9.95. The molecule has 3 aromatic rings. The van der Waals surface area contributed by atoms with Crippen molar-refractivity contribution < 1.29 is 0 Å². The molecule has 0 N–H and O–H groups in total. The molecule has 2 heterocycles. The van der Waals surface area contributed by atoms with Crippen LogP contribution in [0.1, 0.15) is 24.4 Å². The van der Waals surface area contributed by atoms with E-state index in [4.69, 9.17) is 5.26 Å². The summed E-state index contributed by atoms with van der Waals surface area (Å²) in [5, 5.41) is 15.0. The molecule has 1 aromatic carbocycles. The van der Waals surface area contributed by atoms with E-state index in [0.29, 0.717) is 11.6 Å². The van der Waals surface area contributed by atoms with Crippen molar-refractivity contribution in [2.45, 2.75) is 18.9 Å². The maximum atomic E-state index is 8.97. The second kappa shape index (κ2) is 3.87. The minimum absolute atomic E-state index is 0.509. The number of hydrogen-bond acceptors (Lipinski definition) is 5. The first-order chi connectivity index (χ1) is 9.36. The summed E-state index contributed by atoms with van der Waals surface area (Å²) in [5.41, 5.74) is 3.38. The lowest BCUT2D eigenvalue weighted by Crippen LogP contribution is -1.97. The Morgan fingerprint density at radius 3 is 2.95 bits per heavy atom. The third kappa shape index (κ3) is 1.63. The van der Waals surface area contributed by atoms with Gasteiger partial charge in [-0.2, -0.15) is 5.26 Å². The minimum atomic E-state index is 0.509. The molecule has 0 atom stereocenters. The molecular weight excluding hydrogens is 258 g/mol. The normalized spacial score (nSPS) is 14.7. The fourth-order valence-corrected chi connectivity index (χ4v) is 2.75. The summed E-state index contributed by atoms with van der Waals surface area (Å²) >= 11 is 1.33. The van der Waals surface area contributed by atoms with Gasteiger partial charge >= 0.3 is 0 Å². The van der Waals surface area contributed by atoms with Crippen LogP contribution in [-0.2, 0) is 0 Å². The number of aromatic nitrogens is 4. The Labute approximate surface area is 113 Å². The van der Waals surface area contributed by atoms with Gasteiger partial charge in [-0.05, 0) is 42.6 Å². The molecule has 2 aromatic heterocycles. The largest absolute Gasteiger partial charge is 0.319 e. The zero-order valence-corrected chi connectivity index (χ0v) is 10.8. The lowest BCUT2D eigenvalue weighted by atomic mass is 10.2. The lowest BCUT2D eigenvalue weighted by molar-refractivity contribution is 0.771. The quantitative estimate of drug-likeness (QED) is 0.716. The Balaban J connectivity index is 2.02. The summed E-state index contributed by atoms with van der Waals surface area (Å²) in [4.78, 5) is 4.64. The van der Waals surface area contributed by atoms with E-state index in [0.717, 1.165) is 22.6 Å². The van der Waals surface area contributed by atoms with Crippen LogP contribution in [0.25, 0.3) is 22.6 Å². The van der Waals surface area contributed by atoms with Crippen LogP contribution in [0.4, 0.5) is 0 Å². The standard InChI is InChI=1S/C13H9N5S/c14-6-8-1-4-12-10(5-8)15-13(11-7-19-17-16-11)18(12)9-2-3-9/h1,4-5,7,9H,2-3H2. The SMILES string of the molecule is N#Cc1ccc2c(c1)nc(-c1csnn1)n2C1CC1. The Hall–Kier alpha value is -2.26. The molecule has 1 aliphatic carbocycles. The van der Waals surface area contributed by atoms with Gasteiger partial charge in [-0.3, -0.25) is 0 Å². The molecule has 0 saturated heterocycles. The topological polar surface area (TPSA) is 67.4 Å². The van der Waals surface area contributed by atoms with Gasteiger partial charge in [0, 0.05) is 11.4 Å². The molecule has 1 saturated carbocycles. The molecular formula is C13H9N5S. The van der Waals surface area contributed by atoms with Gasteiger partial charge in [-0.25, -0.2) is 4.98 Å². The zero-order chi connectivity index (χ0) is 12.8. The fraction of sp³-hybridized carbons (Fsp3) is 0.231. The van der Waals surface area contributed by atoms with E-state index in [1.807, 2.05) is 23.6 Å². The number of hydrogen-bond donors (Lipinski definition) is 0. The van der Waals surface area contributed by atoms with Gasteiger partial charge in [0.15, 0.2) is 5.82 Å². The third-order valence-electron chi connectivity index (χ3n) is 3.32. The van der Waals surface area contributed by atoms with Crippen molar-refractivity contribution in [1.82, 2.24) is 19.1 Å². The highest BCUT2D eigenvalue weighted by atomic mass is 32.1. The van der Waals surface area contributed by atoms with Crippen molar-refractivity contribution in [3.63, 3.8) is 0 Å². The van der Waals surface area contributed by atoms with E-state index in [1.54, 1.807) is 0 Å². The van der Waals surface area contributed by atoms with Gasteiger partial charge in [-0.15, -0.1) is 5.10 Å². The van der Waals surface area contributed by atoms with Crippen LogP contribution in [0.15, 0.2) is 23.6 Å². The summed E-state index contributed by atoms with van der Waals surface area (Å²) in [6.45, 7) is 0. The summed E-state index contributed by atoms with van der Waals surface area (Å²) in [6, 6.07) is 8.31. The van der Waals surface area contributed by atoms with Gasteiger partial charge in [0.05, 0.1) is 22.7 Å². The molecule has 19 heavy (non-hydrogen) atoms. The Morgan fingerprint density at radius 2 is 2.26 bits per heavy atom. The number of nitriles is 1. The summed E-state index contributed by atoms with van der Waals surface area (Å²) in [5.74, 6) is 0.862. The van der Waals surface area contributed by atoms with Crippen LogP contribution < -0.4 is 0 Å². The van der Waals surface area contributed by atoms with Crippen LogP contribution >= 0.6 is 11.5 Å². The minimum Gasteiger partial charge on any atom is -0.319 e. The highest BCUT2D eigenvalue weighted by Crippen LogP contribution is 2.41. The Bertz CT molecular complexity index is 792. The predicted octanol–water partition coefficient (Wildman–Crippen LogP) is 2.76. The second-order valence-electron chi connectivity index (χ2n) is 4.64. The van der Waals surface area contributed by atoms with Crippen molar-refractivity contribution >= 4 is 22.6 Å². The van der Waals surface area contributed by atoms with Gasteiger partial charge < -0.3 is 4.57 Å². The smallest absolute Gasteiger partial charge is 0.162 e. The van der Waals surface area contributed by atoms with Crippen molar-refractivity contribution in [3.05, 3.63) is 29.1 Å². The summed E-state index contributed by atoms with van der Waals surface area (Å²) in [6.07, 6.45) is 2.35. The lowest BCUT2D eigenvalue weighted by Gasteiger charge is -2.04. The maximum absolute atomic E-state index is 8.97. The van der Waals surface area contributed by atoms with E-state index >= 15 is 0 Å². The van der Waals surface area contributed by atoms with E-state index in [2.05, 4.69) is 25.2 Å². The molecule has 92 valence electrons.